The van der Waals surface area contributed by atoms with Crippen molar-refractivity contribution in [3.05, 3.63) is 56.9 Å². The molecular weight excluding hydrogens is 342 g/mol. The minimum absolute atomic E-state index is 0.240. The van der Waals surface area contributed by atoms with Crippen molar-refractivity contribution in [2.24, 2.45) is 0 Å². The van der Waals surface area contributed by atoms with Gasteiger partial charge >= 0.3 is 0 Å². The number of nitrogens with zero attached hydrogens (tertiary/aromatic N) is 2. The molecule has 1 N–H and O–H groups in total. The molecule has 2 aromatic heterocycles. The molecule has 124 valence electrons. The van der Waals surface area contributed by atoms with Gasteiger partial charge in [0.1, 0.15) is 0 Å². The Bertz CT molecular complexity index is 898. The molecule has 6 heteroatoms. The quantitative estimate of drug-likeness (QED) is 0.699. The van der Waals surface area contributed by atoms with Crippen molar-refractivity contribution in [3.63, 3.8) is 0 Å². The largest absolute Gasteiger partial charge is 0.321 e. The number of nitrogens with one attached hydrogen (secondary N) is 1. The van der Waals surface area contributed by atoms with Crippen LogP contribution in [0.25, 0.3) is 11.3 Å². The summed E-state index contributed by atoms with van der Waals surface area (Å²) in [5, 5.41) is 7.87. The van der Waals surface area contributed by atoms with Crippen LogP contribution in [0.3, 0.4) is 0 Å². The molecule has 24 heavy (non-hydrogen) atoms. The fourth-order valence-corrected chi connectivity index (χ4v) is 3.76. The second-order valence-electron chi connectivity index (χ2n) is 5.52. The molecule has 0 aliphatic heterocycles. The number of carbonyl (C=O) groups is 1. The summed E-state index contributed by atoms with van der Waals surface area (Å²) >= 11 is 7.70. The van der Waals surface area contributed by atoms with Crippen molar-refractivity contribution < 1.29 is 4.79 Å². The zero-order chi connectivity index (χ0) is 17.3. The van der Waals surface area contributed by atoms with E-state index >= 15 is 0 Å². The number of hydrogen-bond donors (Lipinski definition) is 1. The summed E-state index contributed by atoms with van der Waals surface area (Å²) in [4.78, 5) is 15.0. The molecule has 3 rings (SSSR count). The van der Waals surface area contributed by atoms with Crippen LogP contribution in [-0.2, 0) is 6.54 Å². The maximum Gasteiger partial charge on any atom is 0.276 e. The Morgan fingerprint density at radius 2 is 2.08 bits per heavy atom. The number of halogens is 1. The maximum absolute atomic E-state index is 12.5. The SMILES string of the molecule is CCn1nc(C(=O)Nc2cccc(Cl)c2)cc1-c1cc(C)sc1C. The number of benzene rings is 1. The van der Waals surface area contributed by atoms with E-state index in [-0.39, 0.29) is 5.91 Å². The van der Waals surface area contributed by atoms with E-state index in [2.05, 4.69) is 30.3 Å². The van der Waals surface area contributed by atoms with Gasteiger partial charge in [-0.05, 0) is 51.1 Å². The van der Waals surface area contributed by atoms with E-state index in [0.29, 0.717) is 22.9 Å². The average molecular weight is 360 g/mol. The van der Waals surface area contributed by atoms with Gasteiger partial charge in [0.2, 0.25) is 0 Å². The van der Waals surface area contributed by atoms with Crippen molar-refractivity contribution in [3.8, 4) is 11.3 Å². The minimum Gasteiger partial charge on any atom is -0.321 e. The summed E-state index contributed by atoms with van der Waals surface area (Å²) < 4.78 is 1.86. The van der Waals surface area contributed by atoms with Gasteiger partial charge in [0.05, 0.1) is 5.69 Å². The van der Waals surface area contributed by atoms with Crippen molar-refractivity contribution >= 4 is 34.5 Å². The highest BCUT2D eigenvalue weighted by Crippen LogP contribution is 2.31. The molecule has 0 atom stereocenters. The second kappa shape index (κ2) is 6.79. The van der Waals surface area contributed by atoms with Gasteiger partial charge in [0.25, 0.3) is 5.91 Å². The molecule has 0 saturated heterocycles. The van der Waals surface area contributed by atoms with Gasteiger partial charge in [0, 0.05) is 32.6 Å². The van der Waals surface area contributed by atoms with Crippen LogP contribution in [0.4, 0.5) is 5.69 Å². The smallest absolute Gasteiger partial charge is 0.276 e. The van der Waals surface area contributed by atoms with Crippen LogP contribution in [0, 0.1) is 13.8 Å². The molecule has 1 amide bonds. The van der Waals surface area contributed by atoms with Gasteiger partial charge in [-0.2, -0.15) is 5.10 Å². The van der Waals surface area contributed by atoms with Gasteiger partial charge in [0.15, 0.2) is 5.69 Å². The average Bonchev–Trinajstić information content (AvgIpc) is 3.10. The summed E-state index contributed by atoms with van der Waals surface area (Å²) in [5.74, 6) is -0.240. The first kappa shape index (κ1) is 16.7. The summed E-state index contributed by atoms with van der Waals surface area (Å²) in [7, 11) is 0. The second-order valence-corrected chi connectivity index (χ2v) is 7.42. The molecule has 1 aromatic carbocycles. The number of aromatic nitrogens is 2. The third-order valence-corrected chi connectivity index (χ3v) is 4.91. The Kier molecular flexibility index (Phi) is 4.73. The monoisotopic (exact) mass is 359 g/mol. The van der Waals surface area contributed by atoms with E-state index < -0.39 is 0 Å². The van der Waals surface area contributed by atoms with Crippen LogP contribution in [0.1, 0.15) is 27.2 Å². The molecule has 0 bridgehead atoms. The van der Waals surface area contributed by atoms with Gasteiger partial charge in [-0.3, -0.25) is 9.48 Å². The summed E-state index contributed by atoms with van der Waals surface area (Å²) in [5.41, 5.74) is 3.15. The highest BCUT2D eigenvalue weighted by atomic mass is 35.5. The summed E-state index contributed by atoms with van der Waals surface area (Å²) in [6.45, 7) is 6.89. The van der Waals surface area contributed by atoms with Crippen molar-refractivity contribution in [2.45, 2.75) is 27.3 Å². The lowest BCUT2D eigenvalue weighted by atomic mass is 10.1. The van der Waals surface area contributed by atoms with E-state index in [9.17, 15) is 4.79 Å². The fraction of sp³-hybridized carbons (Fsp3) is 0.222. The van der Waals surface area contributed by atoms with E-state index in [1.165, 1.54) is 9.75 Å². The van der Waals surface area contributed by atoms with Crippen molar-refractivity contribution in [1.29, 1.82) is 0 Å². The number of anilines is 1. The van der Waals surface area contributed by atoms with Gasteiger partial charge in [-0.1, -0.05) is 17.7 Å². The van der Waals surface area contributed by atoms with Crippen molar-refractivity contribution in [2.75, 3.05) is 5.32 Å². The molecule has 3 aromatic rings. The number of rotatable bonds is 4. The predicted molar refractivity (Wildman–Crippen MR) is 100 cm³/mol. The predicted octanol–water partition coefficient (Wildman–Crippen LogP) is 5.15. The van der Waals surface area contributed by atoms with Crippen LogP contribution >= 0.6 is 22.9 Å². The van der Waals surface area contributed by atoms with Gasteiger partial charge in [-0.25, -0.2) is 0 Å². The number of hydrogen-bond acceptors (Lipinski definition) is 3. The summed E-state index contributed by atoms with van der Waals surface area (Å²) in [6, 6.07) is 11.1. The number of aryl methyl sites for hydroxylation is 3. The molecule has 0 aliphatic rings. The molecule has 0 spiro atoms. The van der Waals surface area contributed by atoms with Crippen LogP contribution in [-0.4, -0.2) is 15.7 Å². The van der Waals surface area contributed by atoms with Gasteiger partial charge in [-0.15, -0.1) is 11.3 Å². The normalized spacial score (nSPS) is 10.8. The molecule has 2 heterocycles. The van der Waals surface area contributed by atoms with Gasteiger partial charge < -0.3 is 5.32 Å². The zero-order valence-corrected chi connectivity index (χ0v) is 15.3. The van der Waals surface area contributed by atoms with Crippen LogP contribution < -0.4 is 5.32 Å². The first-order valence-electron chi connectivity index (χ1n) is 7.70. The first-order chi connectivity index (χ1) is 11.5. The first-order valence-corrected chi connectivity index (χ1v) is 8.89. The number of amides is 1. The minimum atomic E-state index is -0.240. The highest BCUT2D eigenvalue weighted by molar-refractivity contribution is 7.12. The maximum atomic E-state index is 12.5. The standard InChI is InChI=1S/C18H18ClN3OS/c1-4-22-17(15-8-11(2)24-12(15)3)10-16(21-22)18(23)20-14-7-5-6-13(19)9-14/h5-10H,4H2,1-3H3,(H,20,23). The number of carbonyl (C=O) groups excluding carboxylic acids is 1. The lowest BCUT2D eigenvalue weighted by Crippen LogP contribution is -2.13. The van der Waals surface area contributed by atoms with Crippen LogP contribution in [0.15, 0.2) is 36.4 Å². The lowest BCUT2D eigenvalue weighted by Gasteiger charge is -2.03. The lowest BCUT2D eigenvalue weighted by molar-refractivity contribution is 0.102. The third kappa shape index (κ3) is 3.37. The molecule has 0 aliphatic carbocycles. The van der Waals surface area contributed by atoms with E-state index in [0.717, 1.165) is 11.3 Å². The summed E-state index contributed by atoms with van der Waals surface area (Å²) in [6.07, 6.45) is 0. The van der Waals surface area contributed by atoms with E-state index in [4.69, 9.17) is 11.6 Å². The molecule has 0 radical (unpaired) electrons. The van der Waals surface area contributed by atoms with Crippen molar-refractivity contribution in [1.82, 2.24) is 9.78 Å². The Labute approximate surface area is 150 Å². The topological polar surface area (TPSA) is 46.9 Å². The molecule has 4 nitrogen and oxygen atoms in total. The highest BCUT2D eigenvalue weighted by Gasteiger charge is 2.17. The zero-order valence-electron chi connectivity index (χ0n) is 13.8. The Morgan fingerprint density at radius 3 is 2.71 bits per heavy atom. The Morgan fingerprint density at radius 1 is 1.29 bits per heavy atom. The van der Waals surface area contributed by atoms with Crippen LogP contribution in [0.5, 0.6) is 0 Å². The molecule has 0 unspecified atom stereocenters. The van der Waals surface area contributed by atoms with Crippen LogP contribution in [0.2, 0.25) is 5.02 Å². The Hall–Kier alpha value is -2.11. The third-order valence-electron chi connectivity index (χ3n) is 3.71. The number of thiophene rings is 1. The molecule has 0 saturated carbocycles. The Balaban J connectivity index is 1.92. The van der Waals surface area contributed by atoms with E-state index in [1.54, 1.807) is 35.6 Å². The molecular formula is C18H18ClN3OS. The molecule has 0 fully saturated rings. The fourth-order valence-electron chi connectivity index (χ4n) is 2.63. The van der Waals surface area contributed by atoms with E-state index in [1.807, 2.05) is 17.7 Å².